The molecule has 0 saturated carbocycles. The van der Waals surface area contributed by atoms with E-state index in [0.717, 1.165) is 11.1 Å². The molecule has 0 fully saturated rings. The lowest BCUT2D eigenvalue weighted by Gasteiger charge is -2.12. The Morgan fingerprint density at radius 1 is 1.03 bits per heavy atom. The van der Waals surface area contributed by atoms with Gasteiger partial charge in [0.1, 0.15) is 29.4 Å². The van der Waals surface area contributed by atoms with E-state index in [4.69, 9.17) is 14.5 Å². The van der Waals surface area contributed by atoms with E-state index in [2.05, 4.69) is 26.6 Å². The number of benzene rings is 2. The van der Waals surface area contributed by atoms with Crippen molar-refractivity contribution in [2.24, 2.45) is 0 Å². The molecule has 0 bridgehead atoms. The Kier molecular flexibility index (Phi) is 6.59. The molecule has 0 radical (unpaired) electrons. The van der Waals surface area contributed by atoms with Crippen LogP contribution in [0.25, 0.3) is 22.3 Å². The molecule has 0 spiro atoms. The first-order valence-electron chi connectivity index (χ1n) is 11.4. The summed E-state index contributed by atoms with van der Waals surface area (Å²) in [6, 6.07) is 19.6. The minimum Gasteiger partial charge on any atom is -0.497 e. The summed E-state index contributed by atoms with van der Waals surface area (Å²) in [6.45, 7) is 0.449. The zero-order valence-corrected chi connectivity index (χ0v) is 20.1. The van der Waals surface area contributed by atoms with Crippen molar-refractivity contribution in [2.75, 3.05) is 19.5 Å². The highest BCUT2D eigenvalue weighted by molar-refractivity contribution is 5.88. The first-order valence-corrected chi connectivity index (χ1v) is 11.4. The van der Waals surface area contributed by atoms with Crippen molar-refractivity contribution in [2.45, 2.75) is 13.1 Å². The van der Waals surface area contributed by atoms with E-state index >= 15 is 0 Å². The third-order valence-electron chi connectivity index (χ3n) is 5.77. The van der Waals surface area contributed by atoms with Gasteiger partial charge < -0.3 is 14.8 Å². The van der Waals surface area contributed by atoms with Gasteiger partial charge in [0, 0.05) is 29.9 Å². The van der Waals surface area contributed by atoms with Crippen LogP contribution in [0.1, 0.15) is 16.8 Å². The smallest absolute Gasteiger partial charge is 0.157 e. The molecule has 184 valence electrons. The molecule has 3 aromatic heterocycles. The normalized spacial score (nSPS) is 10.8. The highest BCUT2D eigenvalue weighted by atomic mass is 19.1. The molecule has 0 atom stereocenters. The first kappa shape index (κ1) is 23.7. The second-order valence-corrected chi connectivity index (χ2v) is 8.11. The van der Waals surface area contributed by atoms with Gasteiger partial charge in [-0.1, -0.05) is 12.1 Å². The minimum absolute atomic E-state index is 0.0619. The zero-order valence-electron chi connectivity index (χ0n) is 20.1. The minimum atomic E-state index is -0.430. The summed E-state index contributed by atoms with van der Waals surface area (Å²) in [5.41, 5.74) is 4.09. The molecule has 0 aliphatic rings. The summed E-state index contributed by atoms with van der Waals surface area (Å²) in [5.74, 6) is 1.40. The standard InChI is InChI=1S/C27H22FN7O2/c1-36-20-9-8-19(25(12-20)37-2)15-31-27-26-23(13-22(32-27)18-6-3-5-17(11-18)14-29)33-35(34-26)16-24-21(28)7-4-10-30-24/h3-13H,15-16H2,1-2H3,(H,31,32). The van der Waals surface area contributed by atoms with Gasteiger partial charge in [-0.3, -0.25) is 4.98 Å². The SMILES string of the molecule is COc1ccc(CNc2nc(-c3cccc(C#N)c3)cc3nn(Cc4ncccc4F)nc23)c(OC)c1. The van der Waals surface area contributed by atoms with Crippen LogP contribution in [-0.4, -0.2) is 39.2 Å². The molecule has 9 nitrogen and oxygen atoms in total. The lowest BCUT2D eigenvalue weighted by Crippen LogP contribution is -2.07. The Hall–Kier alpha value is -5.04. The van der Waals surface area contributed by atoms with Gasteiger partial charge in [0.2, 0.25) is 0 Å². The van der Waals surface area contributed by atoms with Crippen molar-refractivity contribution in [3.05, 3.63) is 89.5 Å². The number of aromatic nitrogens is 5. The van der Waals surface area contributed by atoms with Gasteiger partial charge in [0.05, 0.1) is 37.2 Å². The summed E-state index contributed by atoms with van der Waals surface area (Å²) in [4.78, 5) is 10.3. The maximum atomic E-state index is 14.2. The molecule has 5 rings (SSSR count). The summed E-state index contributed by atoms with van der Waals surface area (Å²) >= 11 is 0. The fraction of sp³-hybridized carbons (Fsp3) is 0.148. The third kappa shape index (κ3) is 5.01. The van der Waals surface area contributed by atoms with Crippen molar-refractivity contribution in [3.63, 3.8) is 0 Å². The van der Waals surface area contributed by atoms with Crippen LogP contribution in [0, 0.1) is 17.1 Å². The number of methoxy groups -OCH3 is 2. The van der Waals surface area contributed by atoms with E-state index in [1.807, 2.05) is 24.3 Å². The van der Waals surface area contributed by atoms with Crippen molar-refractivity contribution in [1.29, 1.82) is 5.26 Å². The number of rotatable bonds is 8. The number of pyridine rings is 2. The molecule has 37 heavy (non-hydrogen) atoms. The number of hydrogen-bond donors (Lipinski definition) is 1. The van der Waals surface area contributed by atoms with E-state index in [1.54, 1.807) is 38.5 Å². The summed E-state index contributed by atoms with van der Waals surface area (Å²) in [6.07, 6.45) is 1.53. The largest absolute Gasteiger partial charge is 0.497 e. The monoisotopic (exact) mass is 495 g/mol. The highest BCUT2D eigenvalue weighted by Gasteiger charge is 2.16. The Morgan fingerprint density at radius 3 is 2.70 bits per heavy atom. The van der Waals surface area contributed by atoms with Crippen molar-refractivity contribution in [1.82, 2.24) is 25.0 Å². The second-order valence-electron chi connectivity index (χ2n) is 8.11. The molecule has 0 amide bonds. The molecule has 0 aliphatic heterocycles. The van der Waals surface area contributed by atoms with E-state index in [9.17, 15) is 9.65 Å². The van der Waals surface area contributed by atoms with Gasteiger partial charge in [-0.2, -0.15) is 15.2 Å². The summed E-state index contributed by atoms with van der Waals surface area (Å²) in [7, 11) is 3.19. The Balaban J connectivity index is 1.55. The Morgan fingerprint density at radius 2 is 1.92 bits per heavy atom. The fourth-order valence-corrected chi connectivity index (χ4v) is 3.90. The maximum Gasteiger partial charge on any atom is 0.157 e. The lowest BCUT2D eigenvalue weighted by atomic mass is 10.1. The van der Waals surface area contributed by atoms with Crippen LogP contribution in [-0.2, 0) is 13.1 Å². The van der Waals surface area contributed by atoms with Crippen LogP contribution in [0.15, 0.2) is 66.9 Å². The summed E-state index contributed by atoms with van der Waals surface area (Å²) < 4.78 is 25.0. The van der Waals surface area contributed by atoms with E-state index < -0.39 is 5.82 Å². The molecule has 0 unspecified atom stereocenters. The third-order valence-corrected chi connectivity index (χ3v) is 5.77. The van der Waals surface area contributed by atoms with Crippen LogP contribution in [0.2, 0.25) is 0 Å². The molecular formula is C27H22FN7O2. The molecule has 10 heteroatoms. The van der Waals surface area contributed by atoms with Crippen LogP contribution >= 0.6 is 0 Å². The molecule has 3 heterocycles. The number of ether oxygens (including phenoxy) is 2. The maximum absolute atomic E-state index is 14.2. The van der Waals surface area contributed by atoms with Gasteiger partial charge in [-0.15, -0.1) is 5.10 Å². The topological polar surface area (TPSA) is 111 Å². The number of nitrogens with zero attached hydrogens (tertiary/aromatic N) is 6. The molecule has 2 aromatic carbocycles. The number of fused-ring (bicyclic) bond motifs is 1. The van der Waals surface area contributed by atoms with Crippen LogP contribution in [0.3, 0.4) is 0 Å². The zero-order chi connectivity index (χ0) is 25.8. The van der Waals surface area contributed by atoms with Crippen molar-refractivity contribution in [3.8, 4) is 28.8 Å². The number of anilines is 1. The second kappa shape index (κ2) is 10.3. The predicted octanol–water partition coefficient (Wildman–Crippen LogP) is 4.58. The first-order chi connectivity index (χ1) is 18.1. The lowest BCUT2D eigenvalue weighted by molar-refractivity contribution is 0.391. The Bertz CT molecular complexity index is 1630. The van der Waals surface area contributed by atoms with Gasteiger partial charge in [-0.05, 0) is 42.5 Å². The Labute approximate surface area is 212 Å². The number of halogens is 1. The fourth-order valence-electron chi connectivity index (χ4n) is 3.90. The highest BCUT2D eigenvalue weighted by Crippen LogP contribution is 2.29. The molecule has 5 aromatic rings. The quantitative estimate of drug-likeness (QED) is 0.333. The molecule has 0 saturated heterocycles. The average Bonchev–Trinajstić information content (AvgIpc) is 3.35. The summed E-state index contributed by atoms with van der Waals surface area (Å²) in [5, 5.41) is 21.8. The van der Waals surface area contributed by atoms with Gasteiger partial charge in [0.25, 0.3) is 0 Å². The van der Waals surface area contributed by atoms with Crippen LogP contribution in [0.5, 0.6) is 11.5 Å². The van der Waals surface area contributed by atoms with Crippen LogP contribution in [0.4, 0.5) is 10.2 Å². The van der Waals surface area contributed by atoms with Gasteiger partial charge in [0.15, 0.2) is 11.3 Å². The van der Waals surface area contributed by atoms with Crippen molar-refractivity contribution >= 4 is 16.9 Å². The van der Waals surface area contributed by atoms with E-state index in [-0.39, 0.29) is 12.2 Å². The van der Waals surface area contributed by atoms with E-state index in [0.29, 0.717) is 46.2 Å². The number of nitriles is 1. The van der Waals surface area contributed by atoms with Crippen LogP contribution < -0.4 is 14.8 Å². The predicted molar refractivity (Wildman–Crippen MR) is 136 cm³/mol. The number of hydrogen-bond acceptors (Lipinski definition) is 8. The van der Waals surface area contributed by atoms with Crippen molar-refractivity contribution < 1.29 is 13.9 Å². The molecular weight excluding hydrogens is 473 g/mol. The van der Waals surface area contributed by atoms with Gasteiger partial charge >= 0.3 is 0 Å². The molecule has 0 aliphatic carbocycles. The van der Waals surface area contributed by atoms with E-state index in [1.165, 1.54) is 23.1 Å². The number of nitrogens with one attached hydrogen (secondary N) is 1. The van der Waals surface area contributed by atoms with Gasteiger partial charge in [-0.25, -0.2) is 9.37 Å². The molecule has 1 N–H and O–H groups in total. The average molecular weight is 496 g/mol.